The Morgan fingerprint density at radius 1 is 1.22 bits per heavy atom. The number of aliphatic hydroxyl groups is 1. The van der Waals surface area contributed by atoms with E-state index >= 15 is 0 Å². The molecule has 2 aliphatic rings. The van der Waals surface area contributed by atoms with Crippen molar-refractivity contribution in [3.8, 4) is 0 Å². The van der Waals surface area contributed by atoms with Crippen molar-refractivity contribution in [1.29, 1.82) is 0 Å². The van der Waals surface area contributed by atoms with Crippen LogP contribution in [0.4, 0.5) is 4.79 Å². The van der Waals surface area contributed by atoms with Crippen LogP contribution in [0.2, 0.25) is 0 Å². The van der Waals surface area contributed by atoms with Gasteiger partial charge in [0.05, 0.1) is 5.60 Å². The first-order chi connectivity index (χ1) is 10.8. The van der Waals surface area contributed by atoms with E-state index in [-0.39, 0.29) is 12.1 Å². The molecule has 1 saturated heterocycles. The summed E-state index contributed by atoms with van der Waals surface area (Å²) in [5.74, 6) is 0.761. The minimum absolute atomic E-state index is 0.150. The number of hydrogen-bond acceptors (Lipinski definition) is 3. The van der Waals surface area contributed by atoms with Crippen LogP contribution in [-0.4, -0.2) is 42.5 Å². The molecule has 0 bridgehead atoms. The Kier molecular flexibility index (Phi) is 6.32. The topological polar surface area (TPSA) is 70.6 Å². The van der Waals surface area contributed by atoms with Gasteiger partial charge in [0.15, 0.2) is 0 Å². The fourth-order valence-corrected chi connectivity index (χ4v) is 3.72. The fourth-order valence-electron chi connectivity index (χ4n) is 3.72. The normalized spacial score (nSPS) is 28.2. The number of nitrogens with one attached hydrogen (secondary N) is 2. The second kappa shape index (κ2) is 7.84. The maximum atomic E-state index is 12.1. The first-order valence-electron chi connectivity index (χ1n) is 9.19. The lowest BCUT2D eigenvalue weighted by molar-refractivity contribution is -0.0601. The molecule has 0 atom stereocenters. The van der Waals surface area contributed by atoms with Crippen LogP contribution < -0.4 is 10.6 Å². The van der Waals surface area contributed by atoms with Crippen molar-refractivity contribution in [2.45, 2.75) is 77.4 Å². The molecule has 1 aliphatic heterocycles. The zero-order valence-corrected chi connectivity index (χ0v) is 15.0. The second-order valence-corrected chi connectivity index (χ2v) is 8.05. The van der Waals surface area contributed by atoms with Gasteiger partial charge in [-0.05, 0) is 37.0 Å². The summed E-state index contributed by atoms with van der Waals surface area (Å²) in [6, 6.07) is 0.117. The van der Waals surface area contributed by atoms with E-state index in [2.05, 4.69) is 31.4 Å². The van der Waals surface area contributed by atoms with Crippen molar-refractivity contribution in [2.24, 2.45) is 11.3 Å². The first-order valence-corrected chi connectivity index (χ1v) is 9.19. The molecule has 0 aromatic carbocycles. The average molecular weight is 326 g/mol. The molecule has 0 unspecified atom stereocenters. The van der Waals surface area contributed by atoms with E-state index in [1.165, 1.54) is 19.3 Å². The first kappa shape index (κ1) is 18.5. The molecule has 1 aliphatic carbocycles. The lowest BCUT2D eigenvalue weighted by Gasteiger charge is -2.39. The predicted molar refractivity (Wildman–Crippen MR) is 91.4 cm³/mol. The van der Waals surface area contributed by atoms with Crippen molar-refractivity contribution < 1.29 is 14.6 Å². The van der Waals surface area contributed by atoms with Gasteiger partial charge in [-0.2, -0.15) is 0 Å². The highest BCUT2D eigenvalue weighted by Crippen LogP contribution is 2.40. The largest absolute Gasteiger partial charge is 0.388 e. The molecular weight excluding hydrogens is 292 g/mol. The Bertz CT molecular complexity index is 384. The standard InChI is InChI=1S/C18H34N2O3/c1-4-17(2,3)14-5-7-15(8-6-14)20-16(21)19-13-18(22)9-11-23-12-10-18/h14-15,22H,4-13H2,1-3H3,(H2,19,20,21). The van der Waals surface area contributed by atoms with E-state index in [0.717, 1.165) is 18.8 Å². The van der Waals surface area contributed by atoms with Crippen LogP contribution in [0, 0.1) is 11.3 Å². The predicted octanol–water partition coefficient (Wildman–Crippen LogP) is 2.82. The van der Waals surface area contributed by atoms with Crippen LogP contribution in [-0.2, 0) is 4.74 Å². The molecule has 0 aromatic heterocycles. The molecule has 134 valence electrons. The summed E-state index contributed by atoms with van der Waals surface area (Å²) in [6.07, 6.45) is 6.87. The van der Waals surface area contributed by atoms with Crippen LogP contribution in [0.1, 0.15) is 65.7 Å². The third-order valence-corrected chi connectivity index (χ3v) is 6.08. The number of ether oxygens (including phenoxy) is 1. The molecule has 1 saturated carbocycles. The Morgan fingerprint density at radius 3 is 2.39 bits per heavy atom. The number of carbonyl (C=O) groups excluding carboxylic acids is 1. The maximum absolute atomic E-state index is 12.1. The van der Waals surface area contributed by atoms with E-state index in [1.807, 2.05) is 0 Å². The lowest BCUT2D eigenvalue weighted by atomic mass is 9.69. The fraction of sp³-hybridized carbons (Fsp3) is 0.944. The molecule has 0 spiro atoms. The summed E-state index contributed by atoms with van der Waals surface area (Å²) in [6.45, 7) is 8.41. The van der Waals surface area contributed by atoms with Crippen molar-refractivity contribution in [3.05, 3.63) is 0 Å². The van der Waals surface area contributed by atoms with E-state index in [1.54, 1.807) is 0 Å². The summed E-state index contributed by atoms with van der Waals surface area (Å²) in [5, 5.41) is 16.3. The van der Waals surface area contributed by atoms with Gasteiger partial charge < -0.3 is 20.5 Å². The van der Waals surface area contributed by atoms with Crippen LogP contribution in [0.25, 0.3) is 0 Å². The molecule has 5 heteroatoms. The molecule has 2 rings (SSSR count). The van der Waals surface area contributed by atoms with Crippen LogP contribution >= 0.6 is 0 Å². The summed E-state index contributed by atoms with van der Waals surface area (Å²) in [5.41, 5.74) is -0.405. The Balaban J connectivity index is 1.68. The minimum Gasteiger partial charge on any atom is -0.388 e. The summed E-state index contributed by atoms with van der Waals surface area (Å²) < 4.78 is 5.25. The van der Waals surface area contributed by atoms with Gasteiger partial charge in [0.25, 0.3) is 0 Å². The molecule has 2 amide bonds. The smallest absolute Gasteiger partial charge is 0.315 e. The number of hydrogen-bond donors (Lipinski definition) is 3. The molecular formula is C18H34N2O3. The highest BCUT2D eigenvalue weighted by atomic mass is 16.5. The van der Waals surface area contributed by atoms with Crippen molar-refractivity contribution in [1.82, 2.24) is 10.6 Å². The molecule has 2 fully saturated rings. The number of urea groups is 1. The highest BCUT2D eigenvalue weighted by Gasteiger charge is 2.33. The quantitative estimate of drug-likeness (QED) is 0.727. The molecule has 3 N–H and O–H groups in total. The minimum atomic E-state index is -0.807. The number of carbonyl (C=O) groups is 1. The maximum Gasteiger partial charge on any atom is 0.315 e. The van der Waals surface area contributed by atoms with E-state index in [9.17, 15) is 9.90 Å². The molecule has 0 aromatic rings. The van der Waals surface area contributed by atoms with Gasteiger partial charge in [0, 0.05) is 38.6 Å². The monoisotopic (exact) mass is 326 g/mol. The summed E-state index contributed by atoms with van der Waals surface area (Å²) >= 11 is 0. The molecule has 1 heterocycles. The van der Waals surface area contributed by atoms with Gasteiger partial charge in [-0.15, -0.1) is 0 Å². The third-order valence-electron chi connectivity index (χ3n) is 6.08. The van der Waals surface area contributed by atoms with E-state index < -0.39 is 5.60 Å². The van der Waals surface area contributed by atoms with Crippen molar-refractivity contribution in [3.63, 3.8) is 0 Å². The van der Waals surface area contributed by atoms with Gasteiger partial charge in [-0.1, -0.05) is 27.2 Å². The van der Waals surface area contributed by atoms with E-state index in [4.69, 9.17) is 4.74 Å². The molecule has 23 heavy (non-hydrogen) atoms. The van der Waals surface area contributed by atoms with Crippen molar-refractivity contribution >= 4 is 6.03 Å². The number of amides is 2. The summed E-state index contributed by atoms with van der Waals surface area (Å²) in [4.78, 5) is 12.1. The SMILES string of the molecule is CCC(C)(C)C1CCC(NC(=O)NCC2(O)CCOCC2)CC1. The van der Waals surface area contributed by atoms with Crippen molar-refractivity contribution in [2.75, 3.05) is 19.8 Å². The van der Waals surface area contributed by atoms with Gasteiger partial charge in [0.1, 0.15) is 0 Å². The van der Waals surface area contributed by atoms with Crippen LogP contribution in [0.15, 0.2) is 0 Å². The van der Waals surface area contributed by atoms with E-state index in [0.29, 0.717) is 38.0 Å². The lowest BCUT2D eigenvalue weighted by Crippen LogP contribution is -2.51. The van der Waals surface area contributed by atoms with Gasteiger partial charge in [-0.25, -0.2) is 4.79 Å². The Morgan fingerprint density at radius 2 is 1.83 bits per heavy atom. The van der Waals surface area contributed by atoms with Crippen LogP contribution in [0.3, 0.4) is 0 Å². The van der Waals surface area contributed by atoms with Crippen LogP contribution in [0.5, 0.6) is 0 Å². The zero-order valence-electron chi connectivity index (χ0n) is 15.0. The Labute approximate surface area is 140 Å². The molecule has 0 radical (unpaired) electrons. The highest BCUT2D eigenvalue weighted by molar-refractivity contribution is 5.74. The second-order valence-electron chi connectivity index (χ2n) is 8.05. The molecule has 5 nitrogen and oxygen atoms in total. The van der Waals surface area contributed by atoms with Gasteiger partial charge in [-0.3, -0.25) is 0 Å². The third kappa shape index (κ3) is 5.35. The zero-order chi connectivity index (χ0) is 16.9. The van der Waals surface area contributed by atoms with Gasteiger partial charge in [0.2, 0.25) is 0 Å². The summed E-state index contributed by atoms with van der Waals surface area (Å²) in [7, 11) is 0. The number of rotatable bonds is 5. The Hall–Kier alpha value is -0.810. The average Bonchev–Trinajstić information content (AvgIpc) is 2.54. The van der Waals surface area contributed by atoms with Gasteiger partial charge >= 0.3 is 6.03 Å².